The lowest BCUT2D eigenvalue weighted by atomic mass is 9.96. The predicted octanol–water partition coefficient (Wildman–Crippen LogP) is 3.41. The number of ether oxygens (including phenoxy) is 1. The van der Waals surface area contributed by atoms with Gasteiger partial charge in [0.05, 0.1) is 6.61 Å². The molecule has 0 radical (unpaired) electrons. The van der Waals surface area contributed by atoms with Gasteiger partial charge < -0.3 is 20.3 Å². The zero-order valence-corrected chi connectivity index (χ0v) is 17.9. The molecule has 0 bridgehead atoms. The molecule has 1 fully saturated rings. The van der Waals surface area contributed by atoms with Crippen molar-refractivity contribution in [1.82, 2.24) is 15.5 Å². The Morgan fingerprint density at radius 2 is 1.76 bits per heavy atom. The topological polar surface area (TPSA) is 48.9 Å². The van der Waals surface area contributed by atoms with Crippen molar-refractivity contribution < 1.29 is 4.74 Å². The van der Waals surface area contributed by atoms with Gasteiger partial charge in [-0.3, -0.25) is 4.99 Å². The molecule has 1 aliphatic carbocycles. The van der Waals surface area contributed by atoms with E-state index in [0.29, 0.717) is 0 Å². The molecule has 1 aliphatic rings. The largest absolute Gasteiger partial charge is 0.494 e. The number of nitrogens with zero attached hydrogens (tertiary/aromatic N) is 2. The van der Waals surface area contributed by atoms with E-state index in [-0.39, 0.29) is 5.41 Å². The molecule has 2 N–H and O–H groups in total. The van der Waals surface area contributed by atoms with Gasteiger partial charge in [-0.1, -0.05) is 42.5 Å². The maximum Gasteiger partial charge on any atom is 0.191 e. The van der Waals surface area contributed by atoms with E-state index in [4.69, 9.17) is 4.74 Å². The van der Waals surface area contributed by atoms with Gasteiger partial charge in [0.25, 0.3) is 0 Å². The Bertz CT molecular complexity index is 767. The average molecular weight is 395 g/mol. The summed E-state index contributed by atoms with van der Waals surface area (Å²) in [4.78, 5) is 6.55. The highest BCUT2D eigenvalue weighted by molar-refractivity contribution is 5.79. The van der Waals surface area contributed by atoms with Crippen LogP contribution >= 0.6 is 0 Å². The fourth-order valence-corrected chi connectivity index (χ4v) is 3.44. The molecule has 0 unspecified atom stereocenters. The second-order valence-corrected chi connectivity index (χ2v) is 8.07. The van der Waals surface area contributed by atoms with Crippen LogP contribution in [0.15, 0.2) is 59.6 Å². The molecule has 0 spiro atoms. The van der Waals surface area contributed by atoms with Crippen LogP contribution in [0.5, 0.6) is 5.75 Å². The van der Waals surface area contributed by atoms with E-state index in [2.05, 4.69) is 77.1 Å². The normalized spacial score (nSPS) is 15.2. The van der Waals surface area contributed by atoms with Gasteiger partial charge >= 0.3 is 0 Å². The Hall–Kier alpha value is -2.53. The Kier molecular flexibility index (Phi) is 7.53. The molecule has 0 aromatic heterocycles. The monoisotopic (exact) mass is 394 g/mol. The van der Waals surface area contributed by atoms with Gasteiger partial charge in [-0.05, 0) is 56.6 Å². The summed E-state index contributed by atoms with van der Waals surface area (Å²) < 4.78 is 5.80. The van der Waals surface area contributed by atoms with Crippen molar-refractivity contribution in [2.45, 2.75) is 31.2 Å². The van der Waals surface area contributed by atoms with Gasteiger partial charge in [0, 0.05) is 32.1 Å². The lowest BCUT2D eigenvalue weighted by molar-refractivity contribution is 0.281. The Labute approximate surface area is 175 Å². The summed E-state index contributed by atoms with van der Waals surface area (Å²) in [5, 5.41) is 6.92. The maximum atomic E-state index is 5.80. The van der Waals surface area contributed by atoms with E-state index in [9.17, 15) is 0 Å². The van der Waals surface area contributed by atoms with Crippen molar-refractivity contribution in [1.29, 1.82) is 0 Å². The lowest BCUT2D eigenvalue weighted by Gasteiger charge is -2.19. The summed E-state index contributed by atoms with van der Waals surface area (Å²) in [5.41, 5.74) is 2.90. The van der Waals surface area contributed by atoms with Crippen LogP contribution in [0.25, 0.3) is 0 Å². The number of hydrogen-bond donors (Lipinski definition) is 2. The molecule has 0 amide bonds. The standard InChI is InChI=1S/C24H34N4O/c1-25-23(27-19-24(14-15-24)21-8-5-4-6-9-21)26-18-20-10-12-22(13-11-20)29-17-7-16-28(2)3/h4-6,8-13H,7,14-19H2,1-3H3,(H2,25,26,27). The van der Waals surface area contributed by atoms with E-state index in [1.54, 1.807) is 0 Å². The summed E-state index contributed by atoms with van der Waals surface area (Å²) in [7, 11) is 5.98. The van der Waals surface area contributed by atoms with Crippen LogP contribution in [0.4, 0.5) is 0 Å². The minimum Gasteiger partial charge on any atom is -0.494 e. The predicted molar refractivity (Wildman–Crippen MR) is 121 cm³/mol. The van der Waals surface area contributed by atoms with E-state index in [1.165, 1.54) is 24.0 Å². The fraction of sp³-hybridized carbons (Fsp3) is 0.458. The second kappa shape index (κ2) is 10.3. The molecule has 0 heterocycles. The second-order valence-electron chi connectivity index (χ2n) is 8.07. The molecular weight excluding hydrogens is 360 g/mol. The van der Waals surface area contributed by atoms with E-state index in [1.807, 2.05) is 19.2 Å². The molecule has 1 saturated carbocycles. The average Bonchev–Trinajstić information content (AvgIpc) is 3.54. The van der Waals surface area contributed by atoms with Gasteiger partial charge in [0.15, 0.2) is 5.96 Å². The molecular formula is C24H34N4O. The maximum absolute atomic E-state index is 5.80. The molecule has 5 heteroatoms. The van der Waals surface area contributed by atoms with Crippen molar-refractivity contribution in [3.8, 4) is 5.75 Å². The van der Waals surface area contributed by atoms with Crippen LogP contribution in [0.1, 0.15) is 30.4 Å². The number of rotatable bonds is 10. The minimum atomic E-state index is 0.268. The van der Waals surface area contributed by atoms with Crippen molar-refractivity contribution >= 4 is 5.96 Å². The lowest BCUT2D eigenvalue weighted by Crippen LogP contribution is -2.40. The Morgan fingerprint density at radius 3 is 2.38 bits per heavy atom. The highest BCUT2D eigenvalue weighted by Gasteiger charge is 2.43. The summed E-state index contributed by atoms with van der Waals surface area (Å²) in [6.07, 6.45) is 3.50. The zero-order valence-electron chi connectivity index (χ0n) is 17.9. The molecule has 0 aliphatic heterocycles. The minimum absolute atomic E-state index is 0.268. The first kappa shape index (κ1) is 21.2. The molecule has 2 aromatic carbocycles. The van der Waals surface area contributed by atoms with Crippen LogP contribution < -0.4 is 15.4 Å². The Balaban J connectivity index is 1.41. The quantitative estimate of drug-likeness (QED) is 0.368. The highest BCUT2D eigenvalue weighted by atomic mass is 16.5. The van der Waals surface area contributed by atoms with Crippen LogP contribution in [0.2, 0.25) is 0 Å². The van der Waals surface area contributed by atoms with Crippen molar-refractivity contribution in [2.24, 2.45) is 4.99 Å². The van der Waals surface area contributed by atoms with Gasteiger partial charge in [0.1, 0.15) is 5.75 Å². The first-order valence-electron chi connectivity index (χ1n) is 10.5. The van der Waals surface area contributed by atoms with Crippen LogP contribution in [-0.4, -0.2) is 51.7 Å². The van der Waals surface area contributed by atoms with E-state index < -0.39 is 0 Å². The molecule has 3 rings (SSSR count). The summed E-state index contributed by atoms with van der Waals surface area (Å²) in [6.45, 7) is 3.44. The molecule has 2 aromatic rings. The van der Waals surface area contributed by atoms with E-state index in [0.717, 1.165) is 44.4 Å². The number of benzene rings is 2. The van der Waals surface area contributed by atoms with Crippen molar-refractivity contribution in [2.75, 3.05) is 40.8 Å². The molecule has 0 atom stereocenters. The van der Waals surface area contributed by atoms with Crippen molar-refractivity contribution in [3.63, 3.8) is 0 Å². The summed E-state index contributed by atoms with van der Waals surface area (Å²) in [6, 6.07) is 19.1. The number of guanidine groups is 1. The van der Waals surface area contributed by atoms with Gasteiger partial charge in [-0.2, -0.15) is 0 Å². The third kappa shape index (κ3) is 6.50. The van der Waals surface area contributed by atoms with Gasteiger partial charge in [-0.25, -0.2) is 0 Å². The third-order valence-electron chi connectivity index (χ3n) is 5.46. The highest BCUT2D eigenvalue weighted by Crippen LogP contribution is 2.47. The van der Waals surface area contributed by atoms with Crippen molar-refractivity contribution in [3.05, 3.63) is 65.7 Å². The van der Waals surface area contributed by atoms with Gasteiger partial charge in [0.2, 0.25) is 0 Å². The van der Waals surface area contributed by atoms with Gasteiger partial charge in [-0.15, -0.1) is 0 Å². The third-order valence-corrected chi connectivity index (χ3v) is 5.46. The molecule has 156 valence electrons. The first-order chi connectivity index (χ1) is 14.1. The van der Waals surface area contributed by atoms with Crippen LogP contribution in [0, 0.1) is 0 Å². The van der Waals surface area contributed by atoms with E-state index >= 15 is 0 Å². The Morgan fingerprint density at radius 1 is 1.03 bits per heavy atom. The summed E-state index contributed by atoms with van der Waals surface area (Å²) >= 11 is 0. The number of nitrogens with one attached hydrogen (secondary N) is 2. The molecule has 0 saturated heterocycles. The first-order valence-corrected chi connectivity index (χ1v) is 10.5. The number of aliphatic imine (C=N–C) groups is 1. The summed E-state index contributed by atoms with van der Waals surface area (Å²) in [5.74, 6) is 1.77. The fourth-order valence-electron chi connectivity index (χ4n) is 3.44. The zero-order chi connectivity index (χ0) is 20.5. The smallest absolute Gasteiger partial charge is 0.191 e. The van der Waals surface area contributed by atoms with Crippen LogP contribution in [0.3, 0.4) is 0 Å². The molecule has 29 heavy (non-hydrogen) atoms. The van der Waals surface area contributed by atoms with Crippen LogP contribution in [-0.2, 0) is 12.0 Å². The number of hydrogen-bond acceptors (Lipinski definition) is 3. The molecule has 5 nitrogen and oxygen atoms in total. The SMILES string of the molecule is CN=C(NCc1ccc(OCCCN(C)C)cc1)NCC1(c2ccccc2)CC1.